The van der Waals surface area contributed by atoms with Crippen LogP contribution in [0.4, 0.5) is 4.39 Å². The zero-order chi connectivity index (χ0) is 12.7. The normalized spacial score (nSPS) is 9.94. The van der Waals surface area contributed by atoms with Gasteiger partial charge in [-0.05, 0) is 6.07 Å². The summed E-state index contributed by atoms with van der Waals surface area (Å²) in [7, 11) is 0. The summed E-state index contributed by atoms with van der Waals surface area (Å²) in [6, 6.07) is 6.01. The Hall–Kier alpha value is -1.95. The predicted octanol–water partition coefficient (Wildman–Crippen LogP) is -0.0562. The molecule has 1 rings (SSSR count). The molecule has 0 unspecified atom stereocenters. The lowest BCUT2D eigenvalue weighted by molar-refractivity contribution is -0.143. The number of hydrogen-bond donors (Lipinski definition) is 2. The lowest BCUT2D eigenvalue weighted by Gasteiger charge is -2.06. The number of nitrogens with two attached hydrogens (primary N) is 1. The van der Waals surface area contributed by atoms with Crippen LogP contribution in [0.2, 0.25) is 0 Å². The first-order chi connectivity index (χ1) is 8.09. The quantitative estimate of drug-likeness (QED) is 0.683. The Kier molecular flexibility index (Phi) is 5.09. The number of carbonyl (C=O) groups excluding carboxylic acids is 2. The van der Waals surface area contributed by atoms with Gasteiger partial charge in [-0.3, -0.25) is 14.9 Å². The molecule has 5 nitrogen and oxygen atoms in total. The third-order valence-corrected chi connectivity index (χ3v) is 1.92. The average Bonchev–Trinajstić information content (AvgIpc) is 2.27. The van der Waals surface area contributed by atoms with Crippen LogP contribution in [0.3, 0.4) is 0 Å². The second-order valence-electron chi connectivity index (χ2n) is 3.32. The average molecular weight is 240 g/mol. The largest absolute Gasteiger partial charge is 0.460 e. The van der Waals surface area contributed by atoms with Gasteiger partial charge in [0, 0.05) is 5.56 Å². The first kappa shape index (κ1) is 13.1. The third kappa shape index (κ3) is 5.07. The Morgan fingerprint density at radius 3 is 2.65 bits per heavy atom. The standard InChI is InChI=1S/C11H13FN2O3/c12-9-4-2-1-3-8(9)7-17-11(16)6-14-5-10(13)15/h1-4,14H,5-7H2,(H2,13,15). The first-order valence-electron chi connectivity index (χ1n) is 4.97. The smallest absolute Gasteiger partial charge is 0.320 e. The Labute approximate surface area is 97.7 Å². The van der Waals surface area contributed by atoms with E-state index in [4.69, 9.17) is 10.5 Å². The number of nitrogens with one attached hydrogen (secondary N) is 1. The topological polar surface area (TPSA) is 81.4 Å². The second-order valence-corrected chi connectivity index (χ2v) is 3.32. The maximum absolute atomic E-state index is 13.1. The number of primary amides is 1. The first-order valence-corrected chi connectivity index (χ1v) is 4.97. The van der Waals surface area contributed by atoms with Gasteiger partial charge in [-0.1, -0.05) is 18.2 Å². The summed E-state index contributed by atoms with van der Waals surface area (Å²) in [5.41, 5.74) is 5.16. The Balaban J connectivity index is 2.29. The van der Waals surface area contributed by atoms with Gasteiger partial charge >= 0.3 is 5.97 Å². The van der Waals surface area contributed by atoms with Crippen molar-refractivity contribution in [2.24, 2.45) is 5.73 Å². The molecule has 0 aromatic heterocycles. The summed E-state index contributed by atoms with van der Waals surface area (Å²) in [5.74, 6) is -1.56. The van der Waals surface area contributed by atoms with E-state index in [1.807, 2.05) is 0 Å². The van der Waals surface area contributed by atoms with Gasteiger partial charge in [-0.15, -0.1) is 0 Å². The van der Waals surface area contributed by atoms with E-state index < -0.39 is 17.7 Å². The van der Waals surface area contributed by atoms with Crippen molar-refractivity contribution in [1.82, 2.24) is 5.32 Å². The lowest BCUT2D eigenvalue weighted by atomic mass is 10.2. The van der Waals surface area contributed by atoms with Crippen LogP contribution in [0.1, 0.15) is 5.56 Å². The molecule has 0 aliphatic carbocycles. The van der Waals surface area contributed by atoms with Gasteiger partial charge in [-0.25, -0.2) is 4.39 Å². The predicted molar refractivity (Wildman–Crippen MR) is 58.3 cm³/mol. The summed E-state index contributed by atoms with van der Waals surface area (Å²) < 4.78 is 17.9. The highest BCUT2D eigenvalue weighted by Crippen LogP contribution is 2.07. The molecule has 1 amide bonds. The zero-order valence-corrected chi connectivity index (χ0v) is 9.11. The van der Waals surface area contributed by atoms with Crippen molar-refractivity contribution in [2.45, 2.75) is 6.61 Å². The van der Waals surface area contributed by atoms with Crippen molar-refractivity contribution in [3.8, 4) is 0 Å². The molecule has 0 spiro atoms. The Morgan fingerprint density at radius 1 is 1.29 bits per heavy atom. The van der Waals surface area contributed by atoms with Crippen LogP contribution in [-0.2, 0) is 20.9 Å². The molecule has 0 aliphatic rings. The van der Waals surface area contributed by atoms with Crippen molar-refractivity contribution in [3.05, 3.63) is 35.6 Å². The number of halogens is 1. The van der Waals surface area contributed by atoms with Crippen LogP contribution in [0.5, 0.6) is 0 Å². The van der Waals surface area contributed by atoms with Crippen LogP contribution in [0, 0.1) is 5.82 Å². The summed E-state index contributed by atoms with van der Waals surface area (Å²) in [6.07, 6.45) is 0. The van der Waals surface area contributed by atoms with E-state index in [0.29, 0.717) is 5.56 Å². The molecule has 0 atom stereocenters. The summed E-state index contributed by atoms with van der Waals surface area (Å²) in [4.78, 5) is 21.5. The number of hydrogen-bond acceptors (Lipinski definition) is 4. The second kappa shape index (κ2) is 6.59. The minimum atomic E-state index is -0.575. The van der Waals surface area contributed by atoms with Gasteiger partial charge in [0.05, 0.1) is 13.1 Å². The highest BCUT2D eigenvalue weighted by Gasteiger charge is 2.06. The number of rotatable bonds is 6. The van der Waals surface area contributed by atoms with Gasteiger partial charge in [0.2, 0.25) is 5.91 Å². The highest BCUT2D eigenvalue weighted by atomic mass is 19.1. The molecule has 3 N–H and O–H groups in total. The highest BCUT2D eigenvalue weighted by molar-refractivity contribution is 5.77. The SMILES string of the molecule is NC(=O)CNCC(=O)OCc1ccccc1F. The molecule has 0 fully saturated rings. The monoisotopic (exact) mass is 240 g/mol. The summed E-state index contributed by atoms with van der Waals surface area (Å²) in [6.45, 7) is -0.379. The molecule has 6 heteroatoms. The molecule has 92 valence electrons. The number of ether oxygens (including phenoxy) is 1. The molecule has 0 saturated heterocycles. The van der Waals surface area contributed by atoms with E-state index in [0.717, 1.165) is 0 Å². The molecule has 17 heavy (non-hydrogen) atoms. The Morgan fingerprint density at radius 2 is 2.00 bits per heavy atom. The van der Waals surface area contributed by atoms with Crippen molar-refractivity contribution >= 4 is 11.9 Å². The maximum Gasteiger partial charge on any atom is 0.320 e. The fourth-order valence-electron chi connectivity index (χ4n) is 1.11. The zero-order valence-electron chi connectivity index (χ0n) is 9.11. The molecule has 0 heterocycles. The van der Waals surface area contributed by atoms with Gasteiger partial charge in [-0.2, -0.15) is 0 Å². The van der Waals surface area contributed by atoms with E-state index in [2.05, 4.69) is 5.32 Å². The minimum Gasteiger partial charge on any atom is -0.460 e. The summed E-state index contributed by atoms with van der Waals surface area (Å²) >= 11 is 0. The van der Waals surface area contributed by atoms with Gasteiger partial charge < -0.3 is 10.5 Å². The molecule has 1 aromatic rings. The maximum atomic E-state index is 13.1. The molecule has 1 aromatic carbocycles. The van der Waals surface area contributed by atoms with E-state index in [9.17, 15) is 14.0 Å². The molecular formula is C11H13FN2O3. The van der Waals surface area contributed by atoms with Crippen LogP contribution in [0.25, 0.3) is 0 Å². The van der Waals surface area contributed by atoms with Crippen molar-refractivity contribution in [1.29, 1.82) is 0 Å². The van der Waals surface area contributed by atoms with Crippen molar-refractivity contribution in [3.63, 3.8) is 0 Å². The third-order valence-electron chi connectivity index (χ3n) is 1.92. The van der Waals surface area contributed by atoms with Crippen molar-refractivity contribution < 1.29 is 18.7 Å². The van der Waals surface area contributed by atoms with Crippen LogP contribution in [0.15, 0.2) is 24.3 Å². The molecule has 0 saturated carbocycles. The van der Waals surface area contributed by atoms with E-state index in [-0.39, 0.29) is 19.7 Å². The van der Waals surface area contributed by atoms with E-state index >= 15 is 0 Å². The van der Waals surface area contributed by atoms with E-state index in [1.54, 1.807) is 12.1 Å². The van der Waals surface area contributed by atoms with Crippen LogP contribution >= 0.6 is 0 Å². The Bertz CT molecular complexity index is 409. The fourth-order valence-corrected chi connectivity index (χ4v) is 1.11. The molecular weight excluding hydrogens is 227 g/mol. The number of amides is 1. The van der Waals surface area contributed by atoms with E-state index in [1.165, 1.54) is 12.1 Å². The molecule has 0 radical (unpaired) electrons. The summed E-state index contributed by atoms with van der Waals surface area (Å²) in [5, 5.41) is 2.49. The van der Waals surface area contributed by atoms with Gasteiger partial charge in [0.15, 0.2) is 0 Å². The number of esters is 1. The van der Waals surface area contributed by atoms with Gasteiger partial charge in [0.1, 0.15) is 12.4 Å². The molecule has 0 aliphatic heterocycles. The lowest BCUT2D eigenvalue weighted by Crippen LogP contribution is -2.33. The van der Waals surface area contributed by atoms with Crippen molar-refractivity contribution in [2.75, 3.05) is 13.1 Å². The van der Waals surface area contributed by atoms with Crippen LogP contribution in [-0.4, -0.2) is 25.0 Å². The van der Waals surface area contributed by atoms with Gasteiger partial charge in [0.25, 0.3) is 0 Å². The number of carbonyl (C=O) groups is 2. The van der Waals surface area contributed by atoms with Crippen LogP contribution < -0.4 is 11.1 Å². The fraction of sp³-hybridized carbons (Fsp3) is 0.273. The minimum absolute atomic E-state index is 0.102. The molecule has 0 bridgehead atoms. The number of benzene rings is 1.